The maximum atomic E-state index is 4.04. The van der Waals surface area contributed by atoms with Crippen LogP contribution in [0.1, 0.15) is 0 Å². The molecule has 69 valence electrons. The zero-order chi connectivity index (χ0) is 9.97. The Hall–Kier alpha value is -0.670. The number of aromatic nitrogens is 1. The Morgan fingerprint density at radius 3 is 2.79 bits per heavy atom. The summed E-state index contributed by atoms with van der Waals surface area (Å²) in [5, 5.41) is 0. The molecular weight excluding hydrogens is 306 g/mol. The highest BCUT2D eigenvalue weighted by molar-refractivity contribution is 9.13. The lowest BCUT2D eigenvalue weighted by atomic mass is 10.1. The fourth-order valence-corrected chi connectivity index (χ4v) is 2.06. The quantitative estimate of drug-likeness (QED) is 0.773. The van der Waals surface area contributed by atoms with Gasteiger partial charge in [0.05, 0.1) is 0 Å². The molecule has 14 heavy (non-hydrogen) atoms. The largest absolute Gasteiger partial charge is 0.263 e. The van der Waals surface area contributed by atoms with E-state index >= 15 is 0 Å². The van der Waals surface area contributed by atoms with Crippen molar-refractivity contribution in [1.29, 1.82) is 0 Å². The summed E-state index contributed by atoms with van der Waals surface area (Å²) in [6.45, 7) is 0. The van der Waals surface area contributed by atoms with Gasteiger partial charge in [0.25, 0.3) is 0 Å². The summed E-state index contributed by atoms with van der Waals surface area (Å²) < 4.78 is 2.08. The molecule has 1 aromatic carbocycles. The van der Waals surface area contributed by atoms with Crippen molar-refractivity contribution in [3.05, 3.63) is 51.7 Å². The highest BCUT2D eigenvalue weighted by atomic mass is 79.9. The summed E-state index contributed by atoms with van der Waals surface area (Å²) in [6.07, 6.45) is 3.47. The van der Waals surface area contributed by atoms with Gasteiger partial charge in [-0.05, 0) is 49.6 Å². The van der Waals surface area contributed by atoms with E-state index in [9.17, 15) is 0 Å². The molecule has 0 unspecified atom stereocenters. The lowest BCUT2D eigenvalue weighted by Gasteiger charge is -2.04. The third kappa shape index (κ3) is 1.88. The first-order chi connectivity index (χ1) is 6.79. The van der Waals surface area contributed by atoms with Crippen molar-refractivity contribution >= 4 is 31.9 Å². The third-order valence-corrected chi connectivity index (χ3v) is 3.91. The molecule has 0 amide bonds. The molecule has 0 fully saturated rings. The molecule has 0 N–H and O–H groups in total. The van der Waals surface area contributed by atoms with E-state index in [0.29, 0.717) is 0 Å². The van der Waals surface area contributed by atoms with Crippen molar-refractivity contribution in [1.82, 2.24) is 4.98 Å². The van der Waals surface area contributed by atoms with E-state index in [1.165, 1.54) is 0 Å². The highest BCUT2D eigenvalue weighted by Crippen LogP contribution is 2.33. The lowest BCUT2D eigenvalue weighted by molar-refractivity contribution is 1.32. The SMILES string of the molecule is Brc1cccc(-c2c[c]cnc2)c1Br. The molecule has 2 rings (SSSR count). The van der Waals surface area contributed by atoms with Crippen LogP contribution in [0.3, 0.4) is 0 Å². The number of nitrogens with zero attached hydrogens (tertiary/aromatic N) is 1. The van der Waals surface area contributed by atoms with Gasteiger partial charge in [0.2, 0.25) is 0 Å². The maximum absolute atomic E-state index is 4.04. The van der Waals surface area contributed by atoms with Gasteiger partial charge >= 0.3 is 0 Å². The lowest BCUT2D eigenvalue weighted by Crippen LogP contribution is -1.81. The minimum Gasteiger partial charge on any atom is -0.263 e. The second-order valence-corrected chi connectivity index (χ2v) is 4.42. The number of pyridine rings is 1. The van der Waals surface area contributed by atoms with Gasteiger partial charge in [0.1, 0.15) is 0 Å². The van der Waals surface area contributed by atoms with Crippen molar-refractivity contribution in [3.8, 4) is 11.1 Å². The number of hydrogen-bond acceptors (Lipinski definition) is 1. The molecule has 0 aliphatic rings. The van der Waals surface area contributed by atoms with Crippen LogP contribution >= 0.6 is 31.9 Å². The van der Waals surface area contributed by atoms with Crippen LogP contribution in [0.4, 0.5) is 0 Å². The van der Waals surface area contributed by atoms with E-state index in [-0.39, 0.29) is 0 Å². The molecule has 0 aliphatic carbocycles. The van der Waals surface area contributed by atoms with Gasteiger partial charge < -0.3 is 0 Å². The normalized spacial score (nSPS) is 10.1. The first-order valence-electron chi connectivity index (χ1n) is 4.04. The van der Waals surface area contributed by atoms with Crippen molar-refractivity contribution in [2.45, 2.75) is 0 Å². The van der Waals surface area contributed by atoms with Gasteiger partial charge in [-0.25, -0.2) is 0 Å². The topological polar surface area (TPSA) is 12.9 Å². The molecule has 0 atom stereocenters. The van der Waals surface area contributed by atoms with Gasteiger partial charge in [-0.15, -0.1) is 0 Å². The molecule has 1 aromatic heterocycles. The number of halogens is 2. The molecule has 0 spiro atoms. The van der Waals surface area contributed by atoms with Crippen LogP contribution in [0.2, 0.25) is 0 Å². The van der Waals surface area contributed by atoms with Crippen LogP contribution in [0.25, 0.3) is 11.1 Å². The van der Waals surface area contributed by atoms with Crippen LogP contribution in [-0.2, 0) is 0 Å². The summed E-state index contributed by atoms with van der Waals surface area (Å²) >= 11 is 6.99. The second-order valence-electron chi connectivity index (χ2n) is 2.77. The molecule has 1 radical (unpaired) electrons. The van der Waals surface area contributed by atoms with Crippen LogP contribution < -0.4 is 0 Å². The molecule has 1 heterocycles. The van der Waals surface area contributed by atoms with Gasteiger partial charge in [0.15, 0.2) is 0 Å². The number of benzene rings is 1. The Balaban J connectivity index is 2.58. The van der Waals surface area contributed by atoms with Gasteiger partial charge in [-0.1, -0.05) is 12.1 Å². The van der Waals surface area contributed by atoms with Crippen molar-refractivity contribution in [2.24, 2.45) is 0 Å². The fourth-order valence-electron chi connectivity index (χ4n) is 1.20. The smallest absolute Gasteiger partial charge is 0.0396 e. The Bertz CT molecular complexity index is 440. The van der Waals surface area contributed by atoms with Crippen LogP contribution in [0.15, 0.2) is 45.6 Å². The monoisotopic (exact) mass is 310 g/mol. The van der Waals surface area contributed by atoms with Crippen molar-refractivity contribution < 1.29 is 0 Å². The van der Waals surface area contributed by atoms with Crippen molar-refractivity contribution in [2.75, 3.05) is 0 Å². The summed E-state index contributed by atoms with van der Waals surface area (Å²) in [5.74, 6) is 0. The number of hydrogen-bond donors (Lipinski definition) is 0. The summed E-state index contributed by atoms with van der Waals surface area (Å²) in [7, 11) is 0. The van der Waals surface area contributed by atoms with Gasteiger partial charge in [-0.2, -0.15) is 0 Å². The minimum atomic E-state index is 1.04. The van der Waals surface area contributed by atoms with E-state index < -0.39 is 0 Å². The van der Waals surface area contributed by atoms with E-state index in [1.807, 2.05) is 30.5 Å². The maximum Gasteiger partial charge on any atom is 0.0396 e. The van der Waals surface area contributed by atoms with Crippen molar-refractivity contribution in [3.63, 3.8) is 0 Å². The molecule has 0 saturated heterocycles. The first-order valence-corrected chi connectivity index (χ1v) is 5.63. The molecule has 0 saturated carbocycles. The average molecular weight is 312 g/mol. The molecule has 2 aromatic rings. The molecular formula is C11H6Br2N. The van der Waals surface area contributed by atoms with Crippen LogP contribution in [0.5, 0.6) is 0 Å². The Kier molecular flexibility index (Phi) is 2.99. The Morgan fingerprint density at radius 1 is 1.21 bits per heavy atom. The summed E-state index contributed by atoms with van der Waals surface area (Å²) in [4.78, 5) is 4.04. The average Bonchev–Trinajstić information content (AvgIpc) is 2.23. The standard InChI is InChI=1S/C11H6Br2N/c12-10-5-1-4-9(11(10)13)8-3-2-6-14-7-8/h1,3-7H. The fraction of sp³-hybridized carbons (Fsp3) is 0. The van der Waals surface area contributed by atoms with E-state index in [4.69, 9.17) is 0 Å². The van der Waals surface area contributed by atoms with E-state index in [1.54, 1.807) is 6.20 Å². The summed E-state index contributed by atoms with van der Waals surface area (Å²) in [6, 6.07) is 10.9. The van der Waals surface area contributed by atoms with E-state index in [0.717, 1.165) is 20.1 Å². The highest BCUT2D eigenvalue weighted by Gasteiger charge is 2.04. The second kappa shape index (κ2) is 4.24. The predicted molar refractivity (Wildman–Crippen MR) is 63.9 cm³/mol. The van der Waals surface area contributed by atoms with Gasteiger partial charge in [-0.3, -0.25) is 4.98 Å². The zero-order valence-electron chi connectivity index (χ0n) is 7.17. The van der Waals surface area contributed by atoms with E-state index in [2.05, 4.69) is 42.9 Å². The zero-order valence-corrected chi connectivity index (χ0v) is 10.3. The summed E-state index contributed by atoms with van der Waals surface area (Å²) in [5.41, 5.74) is 2.17. The third-order valence-electron chi connectivity index (χ3n) is 1.86. The molecule has 1 nitrogen and oxygen atoms in total. The minimum absolute atomic E-state index is 1.04. The first kappa shape index (κ1) is 9.87. The van der Waals surface area contributed by atoms with Crippen LogP contribution in [-0.4, -0.2) is 4.98 Å². The Morgan fingerprint density at radius 2 is 2.07 bits per heavy atom. The van der Waals surface area contributed by atoms with Crippen LogP contribution in [0, 0.1) is 6.07 Å². The molecule has 0 bridgehead atoms. The Labute approximate surface area is 99.4 Å². The predicted octanol–water partition coefficient (Wildman–Crippen LogP) is 4.07. The molecule has 3 heteroatoms. The number of rotatable bonds is 1. The van der Waals surface area contributed by atoms with Gasteiger partial charge in [0, 0.05) is 33.0 Å². The molecule has 0 aliphatic heterocycles.